The summed E-state index contributed by atoms with van der Waals surface area (Å²) in [4.78, 5) is 12.0. The van der Waals surface area contributed by atoms with Crippen molar-refractivity contribution < 1.29 is 18.1 Å². The number of anilines is 1. The number of sulfonamides is 1. The van der Waals surface area contributed by atoms with Gasteiger partial charge in [-0.25, -0.2) is 13.1 Å². The van der Waals surface area contributed by atoms with Gasteiger partial charge in [0.25, 0.3) is 5.69 Å². The molecule has 0 amide bonds. The van der Waals surface area contributed by atoms with E-state index >= 15 is 0 Å². The number of non-ortho nitro benzene ring substituents is 1. The zero-order valence-electron chi connectivity index (χ0n) is 14.8. The number of methoxy groups -OCH3 is 1. The molecule has 8 nitrogen and oxygen atoms in total. The Morgan fingerprint density at radius 3 is 2.35 bits per heavy atom. The molecular formula is C17H21N3O5S. The molecule has 9 heteroatoms. The van der Waals surface area contributed by atoms with E-state index in [0.29, 0.717) is 6.42 Å². The molecule has 2 aromatic rings. The summed E-state index contributed by atoms with van der Waals surface area (Å²) in [5.74, 6) is -0.0676. The van der Waals surface area contributed by atoms with Crippen molar-refractivity contribution in [3.8, 4) is 5.75 Å². The van der Waals surface area contributed by atoms with Gasteiger partial charge >= 0.3 is 0 Å². The molecule has 0 aliphatic heterocycles. The Balaban J connectivity index is 2.08. The van der Waals surface area contributed by atoms with Gasteiger partial charge in [0.05, 0.1) is 18.1 Å². The molecule has 0 fully saturated rings. The number of nitrogens with zero attached hydrogens (tertiary/aromatic N) is 2. The summed E-state index contributed by atoms with van der Waals surface area (Å²) >= 11 is 0. The molecule has 0 bridgehead atoms. The van der Waals surface area contributed by atoms with Crippen LogP contribution in [0.25, 0.3) is 0 Å². The molecule has 26 heavy (non-hydrogen) atoms. The molecule has 0 unspecified atom stereocenters. The maximum atomic E-state index is 12.5. The van der Waals surface area contributed by atoms with E-state index in [1.54, 1.807) is 0 Å². The third-order valence-electron chi connectivity index (χ3n) is 3.81. The van der Waals surface area contributed by atoms with Gasteiger partial charge in [-0.15, -0.1) is 0 Å². The van der Waals surface area contributed by atoms with Crippen LogP contribution >= 0.6 is 0 Å². The van der Waals surface area contributed by atoms with Crippen molar-refractivity contribution in [1.29, 1.82) is 0 Å². The molecule has 0 radical (unpaired) electrons. The predicted octanol–water partition coefficient (Wildman–Crippen LogP) is 2.19. The van der Waals surface area contributed by atoms with E-state index in [1.165, 1.54) is 13.2 Å². The second-order valence-corrected chi connectivity index (χ2v) is 7.54. The first kappa shape index (κ1) is 19.7. The highest BCUT2D eigenvalue weighted by Gasteiger charge is 2.21. The first-order valence-electron chi connectivity index (χ1n) is 7.83. The fourth-order valence-electron chi connectivity index (χ4n) is 2.36. The van der Waals surface area contributed by atoms with Crippen molar-refractivity contribution in [2.45, 2.75) is 11.3 Å². The summed E-state index contributed by atoms with van der Waals surface area (Å²) in [5.41, 5.74) is 1.82. The average Bonchev–Trinajstić information content (AvgIpc) is 2.61. The van der Waals surface area contributed by atoms with Crippen molar-refractivity contribution in [2.75, 3.05) is 32.6 Å². The minimum absolute atomic E-state index is 0.0676. The Morgan fingerprint density at radius 2 is 1.81 bits per heavy atom. The number of rotatable bonds is 8. The SMILES string of the molecule is COc1cc([N+](=O)[O-])ccc1S(=O)(=O)NCCc1ccc(N(C)C)cc1. The zero-order chi connectivity index (χ0) is 19.3. The van der Waals surface area contributed by atoms with E-state index in [-0.39, 0.29) is 22.9 Å². The molecule has 0 aliphatic rings. The Labute approximate surface area is 152 Å². The van der Waals surface area contributed by atoms with Crippen LogP contribution in [0.4, 0.5) is 11.4 Å². The highest BCUT2D eigenvalue weighted by Crippen LogP contribution is 2.28. The van der Waals surface area contributed by atoms with Crippen molar-refractivity contribution in [3.05, 3.63) is 58.1 Å². The van der Waals surface area contributed by atoms with E-state index in [1.807, 2.05) is 43.3 Å². The Morgan fingerprint density at radius 1 is 1.15 bits per heavy atom. The third kappa shape index (κ3) is 4.70. The number of nitrogens with one attached hydrogen (secondary N) is 1. The maximum absolute atomic E-state index is 12.5. The summed E-state index contributed by atoms with van der Waals surface area (Å²) in [6, 6.07) is 11.2. The van der Waals surface area contributed by atoms with Crippen molar-refractivity contribution in [1.82, 2.24) is 4.72 Å². The molecule has 2 aromatic carbocycles. The van der Waals surface area contributed by atoms with Crippen molar-refractivity contribution >= 4 is 21.4 Å². The molecule has 0 atom stereocenters. The fraction of sp³-hybridized carbons (Fsp3) is 0.294. The Kier molecular flexibility index (Phi) is 6.17. The van der Waals surface area contributed by atoms with Crippen LogP contribution in [0.2, 0.25) is 0 Å². The van der Waals surface area contributed by atoms with Crippen LogP contribution in [0.5, 0.6) is 5.75 Å². The van der Waals surface area contributed by atoms with Gasteiger partial charge in [0.15, 0.2) is 0 Å². The van der Waals surface area contributed by atoms with Crippen LogP contribution < -0.4 is 14.4 Å². The summed E-state index contributed by atoms with van der Waals surface area (Å²) in [5, 5.41) is 10.8. The van der Waals surface area contributed by atoms with Gasteiger partial charge < -0.3 is 9.64 Å². The number of ether oxygens (including phenoxy) is 1. The molecule has 2 rings (SSSR count). The second kappa shape index (κ2) is 8.15. The highest BCUT2D eigenvalue weighted by atomic mass is 32.2. The average molecular weight is 379 g/mol. The minimum Gasteiger partial charge on any atom is -0.495 e. The molecule has 0 aromatic heterocycles. The number of benzene rings is 2. The number of nitro groups is 1. The van der Waals surface area contributed by atoms with Crippen LogP contribution in [-0.4, -0.2) is 41.1 Å². The van der Waals surface area contributed by atoms with Crippen LogP contribution in [0.1, 0.15) is 5.56 Å². The summed E-state index contributed by atoms with van der Waals surface area (Å²) in [6.07, 6.45) is 0.516. The zero-order valence-corrected chi connectivity index (χ0v) is 15.6. The van der Waals surface area contributed by atoms with Crippen LogP contribution in [0.15, 0.2) is 47.4 Å². The van der Waals surface area contributed by atoms with Crippen LogP contribution in [0, 0.1) is 10.1 Å². The number of nitro benzene ring substituents is 1. The molecular weight excluding hydrogens is 358 g/mol. The van der Waals surface area contributed by atoms with Gasteiger partial charge in [-0.1, -0.05) is 12.1 Å². The first-order chi connectivity index (χ1) is 12.2. The maximum Gasteiger partial charge on any atom is 0.273 e. The highest BCUT2D eigenvalue weighted by molar-refractivity contribution is 7.89. The standard InChI is InChI=1S/C17H21N3O5S/c1-19(2)14-6-4-13(5-7-14)10-11-18-26(23,24)17-9-8-15(20(21)22)12-16(17)25-3/h4-9,12,18H,10-11H2,1-3H3. The predicted molar refractivity (Wildman–Crippen MR) is 99.3 cm³/mol. The monoisotopic (exact) mass is 379 g/mol. The lowest BCUT2D eigenvalue weighted by atomic mass is 10.1. The van der Waals surface area contributed by atoms with Gasteiger partial charge in [0.2, 0.25) is 10.0 Å². The van der Waals surface area contributed by atoms with E-state index < -0.39 is 14.9 Å². The van der Waals surface area contributed by atoms with E-state index in [9.17, 15) is 18.5 Å². The van der Waals surface area contributed by atoms with Crippen LogP contribution in [0.3, 0.4) is 0 Å². The second-order valence-electron chi connectivity index (χ2n) is 5.80. The van der Waals surface area contributed by atoms with Crippen molar-refractivity contribution in [2.24, 2.45) is 0 Å². The summed E-state index contributed by atoms with van der Waals surface area (Å²) < 4.78 is 32.4. The quantitative estimate of drug-likeness (QED) is 0.557. The number of hydrogen-bond acceptors (Lipinski definition) is 6. The molecule has 0 saturated heterocycles. The van der Waals surface area contributed by atoms with Crippen molar-refractivity contribution in [3.63, 3.8) is 0 Å². The normalized spacial score (nSPS) is 11.2. The van der Waals surface area contributed by atoms with Gasteiger partial charge in [0.1, 0.15) is 10.6 Å². The number of hydrogen-bond donors (Lipinski definition) is 1. The first-order valence-corrected chi connectivity index (χ1v) is 9.31. The lowest BCUT2D eigenvalue weighted by molar-refractivity contribution is -0.385. The summed E-state index contributed by atoms with van der Waals surface area (Å²) in [7, 11) is 1.32. The molecule has 1 N–H and O–H groups in total. The lowest BCUT2D eigenvalue weighted by Crippen LogP contribution is -2.26. The topological polar surface area (TPSA) is 102 Å². The van der Waals surface area contributed by atoms with Gasteiger partial charge in [-0.2, -0.15) is 0 Å². The summed E-state index contributed by atoms with van der Waals surface area (Å²) in [6.45, 7) is 0.198. The molecule has 0 saturated carbocycles. The van der Waals surface area contributed by atoms with E-state index in [2.05, 4.69) is 4.72 Å². The van der Waals surface area contributed by atoms with Crippen LogP contribution in [-0.2, 0) is 16.4 Å². The van der Waals surface area contributed by atoms with Gasteiger partial charge in [0, 0.05) is 32.4 Å². The molecule has 0 heterocycles. The van der Waals surface area contributed by atoms with Gasteiger partial charge in [-0.3, -0.25) is 10.1 Å². The molecule has 0 aliphatic carbocycles. The third-order valence-corrected chi connectivity index (χ3v) is 5.31. The van der Waals surface area contributed by atoms with E-state index in [4.69, 9.17) is 4.74 Å². The smallest absolute Gasteiger partial charge is 0.273 e. The molecule has 0 spiro atoms. The largest absolute Gasteiger partial charge is 0.495 e. The van der Waals surface area contributed by atoms with E-state index in [0.717, 1.165) is 23.4 Å². The Bertz CT molecular complexity index is 880. The lowest BCUT2D eigenvalue weighted by Gasteiger charge is -2.13. The fourth-order valence-corrected chi connectivity index (χ4v) is 3.54. The molecule has 140 valence electrons. The van der Waals surface area contributed by atoms with Gasteiger partial charge in [-0.05, 0) is 30.2 Å². The minimum atomic E-state index is -3.84. The Hall–Kier alpha value is -2.65.